The van der Waals surface area contributed by atoms with E-state index in [1.165, 1.54) is 16.5 Å². The first kappa shape index (κ1) is 14.1. The molecule has 3 N–H and O–H groups in total. The van der Waals surface area contributed by atoms with Gasteiger partial charge >= 0.3 is 0 Å². The first-order chi connectivity index (χ1) is 8.86. The van der Waals surface area contributed by atoms with Gasteiger partial charge in [-0.1, -0.05) is 32.0 Å². The van der Waals surface area contributed by atoms with Crippen LogP contribution in [0.5, 0.6) is 0 Å². The molecule has 0 aliphatic carbocycles. The van der Waals surface area contributed by atoms with Gasteiger partial charge < -0.3 is 15.4 Å². The molecule has 104 valence electrons. The monoisotopic (exact) mass is 260 g/mol. The van der Waals surface area contributed by atoms with E-state index in [1.54, 1.807) is 0 Å². The summed E-state index contributed by atoms with van der Waals surface area (Å²) in [5.41, 5.74) is 2.24. The van der Waals surface area contributed by atoms with Crippen molar-refractivity contribution >= 4 is 10.9 Å². The highest BCUT2D eigenvalue weighted by molar-refractivity contribution is 5.84. The molecule has 0 aliphatic rings. The number of H-pyrrole nitrogens is 1. The summed E-state index contributed by atoms with van der Waals surface area (Å²) in [6.45, 7) is 9.43. The number of hydrogen-bond donors (Lipinski definition) is 3. The fourth-order valence-electron chi connectivity index (χ4n) is 2.24. The molecule has 3 nitrogen and oxygen atoms in total. The van der Waals surface area contributed by atoms with E-state index in [4.69, 9.17) is 0 Å². The van der Waals surface area contributed by atoms with Crippen LogP contribution in [0.15, 0.2) is 30.5 Å². The Bertz CT molecular complexity index is 555. The predicted octanol–water partition coefficient (Wildman–Crippen LogP) is 2.81. The van der Waals surface area contributed by atoms with Gasteiger partial charge in [-0.05, 0) is 25.5 Å². The number of benzene rings is 1. The van der Waals surface area contributed by atoms with Gasteiger partial charge in [-0.15, -0.1) is 0 Å². The van der Waals surface area contributed by atoms with Crippen molar-refractivity contribution in [1.29, 1.82) is 0 Å². The van der Waals surface area contributed by atoms with Crippen molar-refractivity contribution in [1.82, 2.24) is 10.3 Å². The van der Waals surface area contributed by atoms with Gasteiger partial charge in [0, 0.05) is 34.6 Å². The molecule has 0 spiro atoms. The summed E-state index contributed by atoms with van der Waals surface area (Å²) >= 11 is 0. The van der Waals surface area contributed by atoms with E-state index in [9.17, 15) is 5.11 Å². The summed E-state index contributed by atoms with van der Waals surface area (Å²) < 4.78 is 0. The van der Waals surface area contributed by atoms with Crippen molar-refractivity contribution in [3.8, 4) is 0 Å². The molecule has 1 heterocycles. The van der Waals surface area contributed by atoms with Gasteiger partial charge in [0.1, 0.15) is 0 Å². The van der Waals surface area contributed by atoms with E-state index >= 15 is 0 Å². The highest BCUT2D eigenvalue weighted by Crippen LogP contribution is 2.30. The first-order valence-corrected chi connectivity index (χ1v) is 6.78. The second-order valence-electron chi connectivity index (χ2n) is 6.53. The molecule has 0 fully saturated rings. The van der Waals surface area contributed by atoms with Gasteiger partial charge in [0.15, 0.2) is 0 Å². The number of rotatable bonds is 5. The quantitative estimate of drug-likeness (QED) is 0.774. The molecule has 2 aromatic rings. The minimum atomic E-state index is -0.247. The molecule has 0 amide bonds. The molecule has 2 rings (SSSR count). The third-order valence-corrected chi connectivity index (χ3v) is 3.72. The Kier molecular flexibility index (Phi) is 3.70. The average Bonchev–Trinajstić information content (AvgIpc) is 2.81. The molecule has 1 aromatic carbocycles. The standard InChI is InChI=1S/C16H24N2O/c1-15(2,10-18-16(3,4)11-19)13-9-17-14-8-6-5-7-12(13)14/h5-9,17-19H,10-11H2,1-4H3. The summed E-state index contributed by atoms with van der Waals surface area (Å²) in [6.07, 6.45) is 2.10. The van der Waals surface area contributed by atoms with Crippen molar-refractivity contribution in [3.05, 3.63) is 36.0 Å². The van der Waals surface area contributed by atoms with Crippen LogP contribution in [-0.2, 0) is 5.41 Å². The Hall–Kier alpha value is -1.32. The molecular weight excluding hydrogens is 236 g/mol. The van der Waals surface area contributed by atoms with Crippen LogP contribution in [0.3, 0.4) is 0 Å². The fourth-order valence-corrected chi connectivity index (χ4v) is 2.24. The summed E-state index contributed by atoms with van der Waals surface area (Å²) in [5.74, 6) is 0. The molecule has 1 aromatic heterocycles. The minimum absolute atomic E-state index is 0.00600. The maximum atomic E-state index is 9.32. The normalized spacial score (nSPS) is 13.1. The number of aromatic nitrogens is 1. The van der Waals surface area contributed by atoms with Crippen molar-refractivity contribution in [3.63, 3.8) is 0 Å². The number of aromatic amines is 1. The van der Waals surface area contributed by atoms with E-state index in [-0.39, 0.29) is 17.6 Å². The minimum Gasteiger partial charge on any atom is -0.394 e. The van der Waals surface area contributed by atoms with Gasteiger partial charge in [0.25, 0.3) is 0 Å². The Balaban J connectivity index is 2.24. The summed E-state index contributed by atoms with van der Waals surface area (Å²) in [7, 11) is 0. The Morgan fingerprint density at radius 2 is 1.84 bits per heavy atom. The lowest BCUT2D eigenvalue weighted by Crippen LogP contribution is -2.48. The molecule has 19 heavy (non-hydrogen) atoms. The topological polar surface area (TPSA) is 48.0 Å². The molecule has 0 saturated carbocycles. The summed E-state index contributed by atoms with van der Waals surface area (Å²) in [4.78, 5) is 3.33. The number of para-hydroxylation sites is 1. The van der Waals surface area contributed by atoms with Crippen LogP contribution in [0, 0.1) is 0 Å². The van der Waals surface area contributed by atoms with Gasteiger partial charge in [-0.3, -0.25) is 0 Å². The van der Waals surface area contributed by atoms with E-state index in [2.05, 4.69) is 48.5 Å². The molecule has 0 atom stereocenters. The van der Waals surface area contributed by atoms with Crippen molar-refractivity contribution in [2.24, 2.45) is 0 Å². The predicted molar refractivity (Wildman–Crippen MR) is 80.5 cm³/mol. The molecule has 0 saturated heterocycles. The van der Waals surface area contributed by atoms with E-state index in [0.29, 0.717) is 0 Å². The lowest BCUT2D eigenvalue weighted by Gasteiger charge is -2.31. The molecule has 0 unspecified atom stereocenters. The van der Waals surface area contributed by atoms with Crippen LogP contribution < -0.4 is 5.32 Å². The summed E-state index contributed by atoms with van der Waals surface area (Å²) in [6, 6.07) is 8.36. The molecular formula is C16H24N2O. The maximum absolute atomic E-state index is 9.32. The Morgan fingerprint density at radius 3 is 2.53 bits per heavy atom. The van der Waals surface area contributed by atoms with E-state index < -0.39 is 0 Å². The SMILES string of the molecule is CC(C)(CO)NCC(C)(C)c1c[nH]c2ccccc12. The lowest BCUT2D eigenvalue weighted by atomic mass is 9.83. The zero-order valence-corrected chi connectivity index (χ0v) is 12.2. The zero-order chi connectivity index (χ0) is 14.1. The Morgan fingerprint density at radius 1 is 1.16 bits per heavy atom. The van der Waals surface area contributed by atoms with Gasteiger partial charge in [-0.2, -0.15) is 0 Å². The number of hydrogen-bond acceptors (Lipinski definition) is 2. The fraction of sp³-hybridized carbons (Fsp3) is 0.500. The van der Waals surface area contributed by atoms with Crippen LogP contribution >= 0.6 is 0 Å². The van der Waals surface area contributed by atoms with Crippen LogP contribution in [-0.4, -0.2) is 28.8 Å². The molecule has 0 radical (unpaired) electrons. The lowest BCUT2D eigenvalue weighted by molar-refractivity contribution is 0.181. The van der Waals surface area contributed by atoms with Crippen LogP contribution in [0.25, 0.3) is 10.9 Å². The van der Waals surface area contributed by atoms with Crippen LogP contribution in [0.2, 0.25) is 0 Å². The van der Waals surface area contributed by atoms with Gasteiger partial charge in [0.2, 0.25) is 0 Å². The van der Waals surface area contributed by atoms with Crippen LogP contribution in [0.1, 0.15) is 33.3 Å². The van der Waals surface area contributed by atoms with Crippen LogP contribution in [0.4, 0.5) is 0 Å². The van der Waals surface area contributed by atoms with Crippen molar-refractivity contribution in [2.45, 2.75) is 38.6 Å². The molecule has 3 heteroatoms. The van der Waals surface area contributed by atoms with Crippen molar-refractivity contribution in [2.75, 3.05) is 13.2 Å². The summed E-state index contributed by atoms with van der Waals surface area (Å²) in [5, 5.41) is 14.0. The maximum Gasteiger partial charge on any atom is 0.0607 e. The smallest absolute Gasteiger partial charge is 0.0607 e. The second kappa shape index (κ2) is 4.99. The van der Waals surface area contributed by atoms with E-state index in [1.807, 2.05) is 19.9 Å². The first-order valence-electron chi connectivity index (χ1n) is 6.78. The van der Waals surface area contributed by atoms with Crippen molar-refractivity contribution < 1.29 is 5.11 Å². The molecule has 0 aliphatic heterocycles. The number of fused-ring (bicyclic) bond motifs is 1. The number of aliphatic hydroxyl groups is 1. The average molecular weight is 260 g/mol. The number of aliphatic hydroxyl groups excluding tert-OH is 1. The Labute approximate surface area is 115 Å². The largest absolute Gasteiger partial charge is 0.394 e. The highest BCUT2D eigenvalue weighted by Gasteiger charge is 2.26. The zero-order valence-electron chi connectivity index (χ0n) is 12.2. The second-order valence-corrected chi connectivity index (χ2v) is 6.53. The number of nitrogens with one attached hydrogen (secondary N) is 2. The van der Waals surface area contributed by atoms with E-state index in [0.717, 1.165) is 6.54 Å². The van der Waals surface area contributed by atoms with Gasteiger partial charge in [0.05, 0.1) is 6.61 Å². The third kappa shape index (κ3) is 2.99. The highest BCUT2D eigenvalue weighted by atomic mass is 16.3. The third-order valence-electron chi connectivity index (χ3n) is 3.72. The van der Waals surface area contributed by atoms with Gasteiger partial charge in [-0.25, -0.2) is 0 Å². The molecule has 0 bridgehead atoms.